The first-order chi connectivity index (χ1) is 17.4. The summed E-state index contributed by atoms with van der Waals surface area (Å²) in [6, 6.07) is 4.17. The molecule has 0 spiro atoms. The highest BCUT2D eigenvalue weighted by Crippen LogP contribution is 2.33. The van der Waals surface area contributed by atoms with E-state index >= 15 is 0 Å². The number of piperazine rings is 1. The standard InChI is InChI=1S/C24H29FN10O/c1-5-16-13-34(23-21-20(31(4)24(36)29-23)14-32(30-21)10-8-26)17(6-2)12-33(16)15(3)19-7-9-35-22(28-19)18(25)11-27-35/h7,9,11,14-17H,5-6,10,12-13H2,1-4H3/t15?,16-,17+/m1/s1. The summed E-state index contributed by atoms with van der Waals surface area (Å²) in [6.07, 6.45) is 6.34. The van der Waals surface area contributed by atoms with Gasteiger partial charge in [-0.2, -0.15) is 20.4 Å². The van der Waals surface area contributed by atoms with Gasteiger partial charge in [0, 0.05) is 44.5 Å². The Labute approximate surface area is 207 Å². The molecule has 0 N–H and O–H groups in total. The molecular weight excluding hydrogens is 463 g/mol. The van der Waals surface area contributed by atoms with Crippen molar-refractivity contribution in [3.63, 3.8) is 0 Å². The van der Waals surface area contributed by atoms with Crippen molar-refractivity contribution in [2.45, 2.75) is 58.3 Å². The Kier molecular flexibility index (Phi) is 6.17. The van der Waals surface area contributed by atoms with Crippen LogP contribution in [-0.2, 0) is 13.6 Å². The molecule has 0 saturated carbocycles. The molecule has 11 nitrogen and oxygen atoms in total. The molecule has 1 fully saturated rings. The highest BCUT2D eigenvalue weighted by Gasteiger charge is 2.37. The van der Waals surface area contributed by atoms with Crippen LogP contribution in [0.15, 0.2) is 29.5 Å². The summed E-state index contributed by atoms with van der Waals surface area (Å²) < 4.78 is 18.6. The van der Waals surface area contributed by atoms with Crippen LogP contribution in [0.2, 0.25) is 0 Å². The minimum absolute atomic E-state index is 0.0445. The second-order valence-corrected chi connectivity index (χ2v) is 9.26. The molecule has 1 unspecified atom stereocenters. The molecule has 4 aromatic rings. The zero-order valence-corrected chi connectivity index (χ0v) is 20.8. The molecule has 0 amide bonds. The molecular formula is C24H29FN10O. The van der Waals surface area contributed by atoms with Gasteiger partial charge >= 0.3 is 5.69 Å². The predicted octanol–water partition coefficient (Wildman–Crippen LogP) is 2.28. The summed E-state index contributed by atoms with van der Waals surface area (Å²) in [5, 5.41) is 17.7. The van der Waals surface area contributed by atoms with E-state index in [4.69, 9.17) is 5.26 Å². The van der Waals surface area contributed by atoms with Crippen LogP contribution in [-0.4, -0.2) is 64.0 Å². The third kappa shape index (κ3) is 3.89. The minimum atomic E-state index is -0.441. The first-order valence-corrected chi connectivity index (χ1v) is 12.2. The zero-order chi connectivity index (χ0) is 25.6. The van der Waals surface area contributed by atoms with E-state index in [1.165, 1.54) is 15.3 Å². The predicted molar refractivity (Wildman–Crippen MR) is 132 cm³/mol. The van der Waals surface area contributed by atoms with E-state index in [2.05, 4.69) is 56.8 Å². The molecule has 0 bridgehead atoms. The maximum absolute atomic E-state index is 14.1. The lowest BCUT2D eigenvalue weighted by atomic mass is 9.99. The van der Waals surface area contributed by atoms with E-state index in [1.54, 1.807) is 24.1 Å². The number of hydrogen-bond acceptors (Lipinski definition) is 8. The maximum atomic E-state index is 14.1. The lowest BCUT2D eigenvalue weighted by molar-refractivity contribution is 0.0988. The van der Waals surface area contributed by atoms with Crippen molar-refractivity contribution in [1.29, 1.82) is 5.26 Å². The van der Waals surface area contributed by atoms with Crippen LogP contribution < -0.4 is 10.6 Å². The number of fused-ring (bicyclic) bond motifs is 2. The Morgan fingerprint density at radius 2 is 2.00 bits per heavy atom. The van der Waals surface area contributed by atoms with Crippen LogP contribution >= 0.6 is 0 Å². The molecule has 0 aliphatic carbocycles. The van der Waals surface area contributed by atoms with Crippen molar-refractivity contribution >= 4 is 22.5 Å². The smallest absolute Gasteiger partial charge is 0.349 e. The third-order valence-electron chi connectivity index (χ3n) is 7.26. The summed E-state index contributed by atoms with van der Waals surface area (Å²) in [7, 11) is 1.67. The number of aryl methyl sites for hydroxylation is 1. The monoisotopic (exact) mass is 492 g/mol. The van der Waals surface area contributed by atoms with Crippen molar-refractivity contribution in [3.05, 3.63) is 46.7 Å². The summed E-state index contributed by atoms with van der Waals surface area (Å²) in [5.74, 6) is 0.118. The molecule has 1 aliphatic heterocycles. The third-order valence-corrected chi connectivity index (χ3v) is 7.26. The normalized spacial score (nSPS) is 19.7. The van der Waals surface area contributed by atoms with Crippen LogP contribution in [0.5, 0.6) is 0 Å². The molecule has 1 saturated heterocycles. The molecule has 1 aliphatic rings. The number of halogens is 1. The van der Waals surface area contributed by atoms with Gasteiger partial charge in [-0.1, -0.05) is 13.8 Å². The van der Waals surface area contributed by atoms with Crippen molar-refractivity contribution in [3.8, 4) is 6.07 Å². The fourth-order valence-corrected chi connectivity index (χ4v) is 5.17. The number of aromatic nitrogens is 7. The van der Waals surface area contributed by atoms with E-state index in [1.807, 2.05) is 6.07 Å². The average molecular weight is 493 g/mol. The van der Waals surface area contributed by atoms with Gasteiger partial charge in [0.1, 0.15) is 6.54 Å². The highest BCUT2D eigenvalue weighted by molar-refractivity contribution is 5.85. The first kappa shape index (κ1) is 23.9. The lowest BCUT2D eigenvalue weighted by Gasteiger charge is -2.48. The Balaban J connectivity index is 1.51. The Morgan fingerprint density at radius 1 is 1.22 bits per heavy atom. The molecule has 12 heteroatoms. The largest absolute Gasteiger partial charge is 0.349 e. The summed E-state index contributed by atoms with van der Waals surface area (Å²) in [4.78, 5) is 26.3. The van der Waals surface area contributed by atoms with E-state index in [-0.39, 0.29) is 36.0 Å². The quantitative estimate of drug-likeness (QED) is 0.403. The van der Waals surface area contributed by atoms with Crippen molar-refractivity contribution in [1.82, 2.24) is 38.8 Å². The Bertz CT molecular complexity index is 1520. The van der Waals surface area contributed by atoms with Crippen LogP contribution in [0.4, 0.5) is 10.2 Å². The van der Waals surface area contributed by atoms with Gasteiger partial charge in [-0.25, -0.2) is 18.7 Å². The van der Waals surface area contributed by atoms with Gasteiger partial charge in [0.15, 0.2) is 22.8 Å². The van der Waals surface area contributed by atoms with Crippen molar-refractivity contribution < 1.29 is 4.39 Å². The van der Waals surface area contributed by atoms with E-state index < -0.39 is 5.82 Å². The van der Waals surface area contributed by atoms with Gasteiger partial charge in [-0.05, 0) is 25.8 Å². The number of nitrogens with zero attached hydrogens (tertiary/aromatic N) is 10. The van der Waals surface area contributed by atoms with Crippen LogP contribution in [0.25, 0.3) is 16.7 Å². The van der Waals surface area contributed by atoms with Crippen LogP contribution in [0.3, 0.4) is 0 Å². The fraction of sp³-hybridized carbons (Fsp3) is 0.500. The highest BCUT2D eigenvalue weighted by atomic mass is 19.1. The van der Waals surface area contributed by atoms with Gasteiger partial charge in [0.25, 0.3) is 0 Å². The second kappa shape index (κ2) is 9.31. The second-order valence-electron chi connectivity index (χ2n) is 9.26. The van der Waals surface area contributed by atoms with Crippen LogP contribution in [0, 0.1) is 17.1 Å². The number of hydrogen-bond donors (Lipinski definition) is 0. The van der Waals surface area contributed by atoms with E-state index in [0.717, 1.165) is 25.1 Å². The van der Waals surface area contributed by atoms with Crippen molar-refractivity contribution in [2.75, 3.05) is 18.0 Å². The maximum Gasteiger partial charge on any atom is 0.349 e. The molecule has 188 valence electrons. The Hall–Kier alpha value is -3.85. The van der Waals surface area contributed by atoms with Gasteiger partial charge in [0.2, 0.25) is 0 Å². The minimum Gasteiger partial charge on any atom is -0.349 e. The number of rotatable bonds is 6. The van der Waals surface area contributed by atoms with Crippen molar-refractivity contribution in [2.24, 2.45) is 7.05 Å². The lowest BCUT2D eigenvalue weighted by Crippen LogP contribution is -2.59. The molecule has 5 rings (SSSR count). The van der Waals surface area contributed by atoms with Gasteiger partial charge < -0.3 is 4.90 Å². The first-order valence-electron chi connectivity index (χ1n) is 12.2. The topological polar surface area (TPSA) is 113 Å². The summed E-state index contributed by atoms with van der Waals surface area (Å²) in [5.41, 5.74) is 1.92. The Morgan fingerprint density at radius 3 is 2.72 bits per heavy atom. The molecule has 5 heterocycles. The fourth-order valence-electron chi connectivity index (χ4n) is 5.17. The van der Waals surface area contributed by atoms with E-state index in [0.29, 0.717) is 23.4 Å². The summed E-state index contributed by atoms with van der Waals surface area (Å²) in [6.45, 7) is 7.82. The SMILES string of the molecule is CC[C@H]1CN(C(C)c2ccn3ncc(F)c3n2)[C@H](CC)CN1c1nc(=O)n(C)c2cn(CC#N)nc12. The molecule has 4 aromatic heterocycles. The van der Waals surface area contributed by atoms with E-state index in [9.17, 15) is 9.18 Å². The van der Waals surface area contributed by atoms with Crippen LogP contribution in [0.1, 0.15) is 45.3 Å². The summed E-state index contributed by atoms with van der Waals surface area (Å²) >= 11 is 0. The molecule has 3 atom stereocenters. The average Bonchev–Trinajstić information content (AvgIpc) is 3.48. The van der Waals surface area contributed by atoms with Gasteiger partial charge in [0.05, 0.1) is 29.7 Å². The molecule has 0 aromatic carbocycles. The number of nitriles is 1. The van der Waals surface area contributed by atoms with Gasteiger partial charge in [-0.3, -0.25) is 14.1 Å². The zero-order valence-electron chi connectivity index (χ0n) is 20.8. The molecule has 36 heavy (non-hydrogen) atoms. The number of anilines is 1. The molecule has 0 radical (unpaired) electrons. The van der Waals surface area contributed by atoms with Gasteiger partial charge in [-0.15, -0.1) is 0 Å².